The number of likely N-dealkylation sites (N-methyl/N-ethyl adjacent to an activating group) is 1. The number of rotatable bonds is 5. The number of hydrogen-bond donors (Lipinski definition) is 1. The van der Waals surface area contributed by atoms with Gasteiger partial charge in [0.15, 0.2) is 5.01 Å². The summed E-state index contributed by atoms with van der Waals surface area (Å²) in [5.74, 6) is 0. The van der Waals surface area contributed by atoms with Gasteiger partial charge >= 0.3 is 6.18 Å². The second-order valence-electron chi connectivity index (χ2n) is 4.37. The van der Waals surface area contributed by atoms with E-state index in [9.17, 15) is 13.2 Å². The van der Waals surface area contributed by atoms with Gasteiger partial charge in [0.25, 0.3) is 0 Å². The van der Waals surface area contributed by atoms with E-state index >= 15 is 0 Å². The first kappa shape index (κ1) is 15.0. The van der Waals surface area contributed by atoms with Crippen molar-refractivity contribution < 1.29 is 13.2 Å². The first-order valence-corrected chi connectivity index (χ1v) is 7.12. The van der Waals surface area contributed by atoms with Crippen LogP contribution in [0, 0.1) is 0 Å². The molecule has 0 spiro atoms. The first-order chi connectivity index (χ1) is 9.50. The Balaban J connectivity index is 2.18. The van der Waals surface area contributed by atoms with Crippen molar-refractivity contribution in [2.24, 2.45) is 0 Å². The molecule has 108 valence electrons. The van der Waals surface area contributed by atoms with Gasteiger partial charge in [-0.1, -0.05) is 37.3 Å². The van der Waals surface area contributed by atoms with Crippen molar-refractivity contribution >= 4 is 11.3 Å². The maximum Gasteiger partial charge on any atom is 0.443 e. The second kappa shape index (κ2) is 6.37. The van der Waals surface area contributed by atoms with Gasteiger partial charge in [0.1, 0.15) is 0 Å². The van der Waals surface area contributed by atoms with Gasteiger partial charge in [0, 0.05) is 17.1 Å². The Morgan fingerprint density at radius 1 is 1.25 bits per heavy atom. The molecular formula is C14H15F3N2S. The van der Waals surface area contributed by atoms with Crippen molar-refractivity contribution in [2.75, 3.05) is 6.54 Å². The molecule has 0 fully saturated rings. The predicted octanol–water partition coefficient (Wildman–Crippen LogP) is 4.06. The molecule has 0 radical (unpaired) electrons. The molecule has 0 aliphatic rings. The fourth-order valence-corrected chi connectivity index (χ4v) is 2.81. The molecule has 0 amide bonds. The highest BCUT2D eigenvalue weighted by Gasteiger charge is 2.35. The summed E-state index contributed by atoms with van der Waals surface area (Å²) >= 11 is 0.709. The summed E-state index contributed by atoms with van der Waals surface area (Å²) in [7, 11) is 0. The molecule has 1 aromatic carbocycles. The molecule has 2 aromatic rings. The lowest BCUT2D eigenvalue weighted by molar-refractivity contribution is -0.137. The molecule has 2 nitrogen and oxygen atoms in total. The van der Waals surface area contributed by atoms with E-state index in [0.29, 0.717) is 29.2 Å². The minimum Gasteiger partial charge on any atom is -0.309 e. The maximum absolute atomic E-state index is 12.6. The number of hydrogen-bond acceptors (Lipinski definition) is 3. The third kappa shape index (κ3) is 3.80. The first-order valence-electron chi connectivity index (χ1n) is 6.31. The van der Waals surface area contributed by atoms with Crippen LogP contribution >= 0.6 is 11.3 Å². The van der Waals surface area contributed by atoms with Crippen LogP contribution in [0.4, 0.5) is 13.2 Å². The van der Waals surface area contributed by atoms with E-state index in [1.54, 1.807) is 0 Å². The molecule has 0 saturated heterocycles. The van der Waals surface area contributed by atoms with Crippen molar-refractivity contribution in [3.63, 3.8) is 0 Å². The van der Waals surface area contributed by atoms with Crippen LogP contribution in [0.1, 0.15) is 28.4 Å². The average Bonchev–Trinajstić information content (AvgIpc) is 2.89. The Morgan fingerprint density at radius 2 is 1.95 bits per heavy atom. The van der Waals surface area contributed by atoms with Crippen molar-refractivity contribution in [2.45, 2.75) is 25.6 Å². The summed E-state index contributed by atoms with van der Waals surface area (Å²) in [6.45, 7) is 2.63. The molecule has 0 aliphatic carbocycles. The predicted molar refractivity (Wildman–Crippen MR) is 73.7 cm³/mol. The van der Waals surface area contributed by atoms with Gasteiger partial charge in [-0.2, -0.15) is 13.2 Å². The van der Waals surface area contributed by atoms with Crippen molar-refractivity contribution in [1.29, 1.82) is 0 Å². The highest BCUT2D eigenvalue weighted by molar-refractivity contribution is 7.11. The number of nitrogens with zero attached hydrogens (tertiary/aromatic N) is 1. The van der Waals surface area contributed by atoms with E-state index < -0.39 is 11.2 Å². The van der Waals surface area contributed by atoms with Crippen LogP contribution in [0.15, 0.2) is 36.5 Å². The van der Waals surface area contributed by atoms with Gasteiger partial charge in [-0.3, -0.25) is 0 Å². The number of aromatic nitrogens is 1. The maximum atomic E-state index is 12.6. The van der Waals surface area contributed by atoms with Crippen molar-refractivity contribution in [3.05, 3.63) is 52.0 Å². The molecule has 1 N–H and O–H groups in total. The lowest BCUT2D eigenvalue weighted by Gasteiger charge is -2.16. The summed E-state index contributed by atoms with van der Waals surface area (Å²) in [6.07, 6.45) is -2.40. The van der Waals surface area contributed by atoms with Crippen LogP contribution in [-0.4, -0.2) is 11.5 Å². The van der Waals surface area contributed by atoms with E-state index in [0.717, 1.165) is 5.56 Å². The topological polar surface area (TPSA) is 24.9 Å². The highest BCUT2D eigenvalue weighted by Crippen LogP contribution is 2.35. The van der Waals surface area contributed by atoms with E-state index in [4.69, 9.17) is 0 Å². The van der Waals surface area contributed by atoms with Crippen LogP contribution in [0.3, 0.4) is 0 Å². The highest BCUT2D eigenvalue weighted by atomic mass is 32.1. The number of thiazole rings is 1. The number of alkyl halides is 3. The normalized spacial score (nSPS) is 13.4. The summed E-state index contributed by atoms with van der Waals surface area (Å²) < 4.78 is 37.8. The fraction of sp³-hybridized carbons (Fsp3) is 0.357. The molecule has 1 unspecified atom stereocenters. The van der Waals surface area contributed by atoms with Gasteiger partial charge < -0.3 is 5.32 Å². The summed E-state index contributed by atoms with van der Waals surface area (Å²) in [5.41, 5.74) is 1.08. The number of nitrogens with one attached hydrogen (secondary N) is 1. The summed E-state index contributed by atoms with van der Waals surface area (Å²) in [4.78, 5) is 4.10. The molecule has 2 rings (SSSR count). The summed E-state index contributed by atoms with van der Waals surface area (Å²) in [5, 5.41) is 2.43. The third-order valence-electron chi connectivity index (χ3n) is 2.84. The average molecular weight is 300 g/mol. The quantitative estimate of drug-likeness (QED) is 0.901. The third-order valence-corrected chi connectivity index (χ3v) is 4.00. The van der Waals surface area contributed by atoms with E-state index in [1.807, 2.05) is 37.3 Å². The van der Waals surface area contributed by atoms with Gasteiger partial charge in [-0.25, -0.2) is 4.98 Å². The number of halogens is 3. The molecule has 0 bridgehead atoms. The standard InChI is InChI=1S/C14H15F3N2S/c1-2-18-11(8-10-6-4-3-5-7-10)12-9-19-13(20-12)14(15,16)17/h3-7,9,11,18H,2,8H2,1H3. The molecule has 0 saturated carbocycles. The Bertz CT molecular complexity index is 537. The summed E-state index contributed by atoms with van der Waals surface area (Å²) in [6, 6.07) is 9.56. The zero-order valence-corrected chi connectivity index (χ0v) is 11.8. The minimum atomic E-state index is -4.37. The Morgan fingerprint density at radius 3 is 2.50 bits per heavy atom. The Kier molecular flexibility index (Phi) is 4.77. The molecule has 20 heavy (non-hydrogen) atoms. The van der Waals surface area contributed by atoms with E-state index in [-0.39, 0.29) is 6.04 Å². The van der Waals surface area contributed by atoms with E-state index in [2.05, 4.69) is 10.3 Å². The second-order valence-corrected chi connectivity index (χ2v) is 5.43. The monoisotopic (exact) mass is 300 g/mol. The van der Waals surface area contributed by atoms with Crippen LogP contribution < -0.4 is 5.32 Å². The fourth-order valence-electron chi connectivity index (χ4n) is 1.95. The zero-order valence-electron chi connectivity index (χ0n) is 10.9. The van der Waals surface area contributed by atoms with Crippen molar-refractivity contribution in [1.82, 2.24) is 10.3 Å². The van der Waals surface area contributed by atoms with Crippen LogP contribution in [0.5, 0.6) is 0 Å². The van der Waals surface area contributed by atoms with Gasteiger partial charge in [0.2, 0.25) is 0 Å². The minimum absolute atomic E-state index is 0.143. The van der Waals surface area contributed by atoms with Gasteiger partial charge in [0.05, 0.1) is 0 Å². The van der Waals surface area contributed by atoms with Crippen LogP contribution in [-0.2, 0) is 12.6 Å². The lowest BCUT2D eigenvalue weighted by atomic mass is 10.1. The molecule has 6 heteroatoms. The SMILES string of the molecule is CCNC(Cc1ccccc1)c1cnc(C(F)(F)F)s1. The van der Waals surface area contributed by atoms with Gasteiger partial charge in [-0.05, 0) is 18.5 Å². The lowest BCUT2D eigenvalue weighted by Crippen LogP contribution is -2.22. The zero-order chi connectivity index (χ0) is 14.6. The van der Waals surface area contributed by atoms with Crippen LogP contribution in [0.25, 0.3) is 0 Å². The largest absolute Gasteiger partial charge is 0.443 e. The molecular weight excluding hydrogens is 285 g/mol. The van der Waals surface area contributed by atoms with Gasteiger partial charge in [-0.15, -0.1) is 11.3 Å². The number of benzene rings is 1. The van der Waals surface area contributed by atoms with E-state index in [1.165, 1.54) is 6.20 Å². The van der Waals surface area contributed by atoms with Crippen molar-refractivity contribution in [3.8, 4) is 0 Å². The smallest absolute Gasteiger partial charge is 0.309 e. The molecule has 1 atom stereocenters. The molecule has 0 aliphatic heterocycles. The molecule has 1 heterocycles. The Hall–Kier alpha value is -1.40. The molecule has 1 aromatic heterocycles. The van der Waals surface area contributed by atoms with Crippen LogP contribution in [0.2, 0.25) is 0 Å². The Labute approximate surface area is 119 Å².